The Hall–Kier alpha value is -1.14. The molecule has 0 saturated heterocycles. The van der Waals surface area contributed by atoms with Crippen molar-refractivity contribution < 1.29 is 4.39 Å². The van der Waals surface area contributed by atoms with E-state index in [4.69, 9.17) is 5.73 Å². The molecule has 0 saturated carbocycles. The van der Waals surface area contributed by atoms with Gasteiger partial charge in [-0.05, 0) is 29.5 Å². The number of thioether (sulfide) groups is 2. The van der Waals surface area contributed by atoms with Gasteiger partial charge in [0.2, 0.25) is 0 Å². The van der Waals surface area contributed by atoms with Gasteiger partial charge in [-0.25, -0.2) is 9.40 Å². The number of hydrogen-bond donors (Lipinski definition) is 1. The van der Waals surface area contributed by atoms with Crippen molar-refractivity contribution in [2.75, 3.05) is 0 Å². The lowest BCUT2D eigenvalue weighted by Crippen LogP contribution is -2.13. The largest absolute Gasteiger partial charge is 0.377 e. The summed E-state index contributed by atoms with van der Waals surface area (Å²) in [7, 11) is 0. The average Bonchev–Trinajstić information content (AvgIpc) is 2.78. The smallest absolute Gasteiger partial charge is 0.184 e. The first-order chi connectivity index (χ1) is 7.74. The summed E-state index contributed by atoms with van der Waals surface area (Å²) in [4.78, 5) is 0. The first-order valence-corrected chi connectivity index (χ1v) is 6.42. The van der Waals surface area contributed by atoms with Crippen molar-refractivity contribution in [1.29, 1.82) is 0 Å². The molecule has 2 heterocycles. The van der Waals surface area contributed by atoms with Gasteiger partial charge in [-0.2, -0.15) is 0 Å². The Balaban J connectivity index is 1.90. The van der Waals surface area contributed by atoms with Crippen LogP contribution in [0.25, 0.3) is 0 Å². The summed E-state index contributed by atoms with van der Waals surface area (Å²) in [6.45, 7) is 0. The Labute approximate surface area is 101 Å². The summed E-state index contributed by atoms with van der Waals surface area (Å²) in [5.74, 6) is -0.223. The van der Waals surface area contributed by atoms with Crippen molar-refractivity contribution in [2.24, 2.45) is 10.8 Å². The molecule has 0 aliphatic carbocycles. The third kappa shape index (κ3) is 1.58. The van der Waals surface area contributed by atoms with E-state index in [1.165, 1.54) is 23.9 Å². The van der Waals surface area contributed by atoms with E-state index in [2.05, 4.69) is 5.10 Å². The summed E-state index contributed by atoms with van der Waals surface area (Å²) < 4.78 is 12.8. The number of hydrazone groups is 1. The van der Waals surface area contributed by atoms with Gasteiger partial charge in [0.25, 0.3) is 0 Å². The van der Waals surface area contributed by atoms with E-state index in [0.29, 0.717) is 5.17 Å². The average molecular weight is 253 g/mol. The number of hydrogen-bond acceptors (Lipinski definition) is 5. The lowest BCUT2D eigenvalue weighted by molar-refractivity contribution is 0.387. The molecule has 3 rings (SSSR count). The van der Waals surface area contributed by atoms with E-state index < -0.39 is 0 Å². The molecule has 2 aliphatic heterocycles. The van der Waals surface area contributed by atoms with E-state index >= 15 is 0 Å². The molecule has 1 atom stereocenters. The minimum absolute atomic E-state index is 0.0733. The maximum atomic E-state index is 12.8. The molecule has 0 radical (unpaired) electrons. The van der Waals surface area contributed by atoms with Crippen molar-refractivity contribution in [3.05, 3.63) is 46.1 Å². The van der Waals surface area contributed by atoms with Gasteiger partial charge in [0.1, 0.15) is 16.2 Å². The number of benzene rings is 1. The molecule has 16 heavy (non-hydrogen) atoms. The van der Waals surface area contributed by atoms with Crippen LogP contribution in [0.4, 0.5) is 4.39 Å². The van der Waals surface area contributed by atoms with Gasteiger partial charge in [-0.1, -0.05) is 23.9 Å². The highest BCUT2D eigenvalue weighted by atomic mass is 32.2. The molecule has 0 bridgehead atoms. The normalized spacial score (nSPS) is 23.1. The Morgan fingerprint density at radius 1 is 1.31 bits per heavy atom. The van der Waals surface area contributed by atoms with Gasteiger partial charge in [0.15, 0.2) is 5.17 Å². The van der Waals surface area contributed by atoms with Gasteiger partial charge in [-0.15, -0.1) is 5.10 Å². The minimum atomic E-state index is -0.223. The first-order valence-electron chi connectivity index (χ1n) is 4.66. The zero-order valence-corrected chi connectivity index (χ0v) is 9.76. The predicted octanol–water partition coefficient (Wildman–Crippen LogP) is 2.65. The molecule has 82 valence electrons. The molecule has 0 amide bonds. The van der Waals surface area contributed by atoms with Gasteiger partial charge >= 0.3 is 0 Å². The van der Waals surface area contributed by atoms with E-state index in [1.54, 1.807) is 23.9 Å². The monoisotopic (exact) mass is 253 g/mol. The Kier molecular flexibility index (Phi) is 2.33. The van der Waals surface area contributed by atoms with Gasteiger partial charge in [-0.3, -0.25) is 0 Å². The SMILES string of the molecule is NC1=NN2C(=CS[C@@H]2c2ccc(F)cc2)S1. The molecular formula is C10H8FN3S2. The highest BCUT2D eigenvalue weighted by Gasteiger charge is 2.33. The molecule has 2 N–H and O–H groups in total. The summed E-state index contributed by atoms with van der Waals surface area (Å²) >= 11 is 3.11. The molecule has 0 unspecified atom stereocenters. The number of nitrogens with two attached hydrogens (primary N) is 1. The maximum absolute atomic E-state index is 12.8. The van der Waals surface area contributed by atoms with Crippen molar-refractivity contribution in [3.63, 3.8) is 0 Å². The van der Waals surface area contributed by atoms with Crippen LogP contribution in [0.2, 0.25) is 0 Å². The van der Waals surface area contributed by atoms with Crippen LogP contribution in [0.15, 0.2) is 39.8 Å². The molecule has 2 aliphatic rings. The van der Waals surface area contributed by atoms with Crippen LogP contribution in [0.5, 0.6) is 0 Å². The molecular weight excluding hydrogens is 245 g/mol. The summed E-state index contributed by atoms with van der Waals surface area (Å²) in [5, 5.41) is 9.81. The number of rotatable bonds is 1. The molecule has 1 aromatic rings. The van der Waals surface area contributed by atoms with Crippen molar-refractivity contribution in [3.8, 4) is 0 Å². The summed E-state index contributed by atoms with van der Waals surface area (Å²) in [6, 6.07) is 6.48. The summed E-state index contributed by atoms with van der Waals surface area (Å²) in [5.41, 5.74) is 6.68. The lowest BCUT2D eigenvalue weighted by atomic mass is 10.2. The number of halogens is 1. The molecule has 1 aromatic carbocycles. The molecule has 0 spiro atoms. The topological polar surface area (TPSA) is 41.6 Å². The molecule has 0 fully saturated rings. The van der Waals surface area contributed by atoms with Crippen LogP contribution in [0.3, 0.4) is 0 Å². The van der Waals surface area contributed by atoms with E-state index in [1.807, 2.05) is 10.4 Å². The lowest BCUT2D eigenvalue weighted by Gasteiger charge is -2.19. The number of amidine groups is 1. The van der Waals surface area contributed by atoms with Crippen LogP contribution in [-0.4, -0.2) is 10.2 Å². The first kappa shape index (κ1) is 10.0. The van der Waals surface area contributed by atoms with Crippen LogP contribution in [-0.2, 0) is 0 Å². The second-order valence-corrected chi connectivity index (χ2v) is 5.38. The van der Waals surface area contributed by atoms with E-state index in [9.17, 15) is 4.39 Å². The second-order valence-electron chi connectivity index (χ2n) is 3.38. The van der Waals surface area contributed by atoms with Gasteiger partial charge in [0.05, 0.1) is 0 Å². The fraction of sp³-hybridized carbons (Fsp3) is 0.100. The Morgan fingerprint density at radius 3 is 2.81 bits per heavy atom. The van der Waals surface area contributed by atoms with Crippen LogP contribution in [0, 0.1) is 5.82 Å². The van der Waals surface area contributed by atoms with Crippen molar-refractivity contribution in [1.82, 2.24) is 5.01 Å². The highest BCUT2D eigenvalue weighted by Crippen LogP contribution is 2.49. The third-order valence-electron chi connectivity index (χ3n) is 2.32. The quantitative estimate of drug-likeness (QED) is 0.835. The summed E-state index contributed by atoms with van der Waals surface area (Å²) in [6.07, 6.45) is 0. The highest BCUT2D eigenvalue weighted by molar-refractivity contribution is 8.18. The number of nitrogens with zero attached hydrogens (tertiary/aromatic N) is 2. The Morgan fingerprint density at radius 2 is 2.06 bits per heavy atom. The molecule has 0 aromatic heterocycles. The van der Waals surface area contributed by atoms with Gasteiger partial charge in [0, 0.05) is 5.41 Å². The van der Waals surface area contributed by atoms with E-state index in [-0.39, 0.29) is 11.2 Å². The van der Waals surface area contributed by atoms with Crippen molar-refractivity contribution in [2.45, 2.75) is 5.37 Å². The predicted molar refractivity (Wildman–Crippen MR) is 65.9 cm³/mol. The maximum Gasteiger partial charge on any atom is 0.184 e. The van der Waals surface area contributed by atoms with Gasteiger partial charge < -0.3 is 5.73 Å². The fourth-order valence-corrected chi connectivity index (χ4v) is 3.56. The fourth-order valence-electron chi connectivity index (χ4n) is 1.60. The van der Waals surface area contributed by atoms with Crippen molar-refractivity contribution >= 4 is 28.7 Å². The van der Waals surface area contributed by atoms with E-state index in [0.717, 1.165) is 10.6 Å². The molecule has 3 nitrogen and oxygen atoms in total. The van der Waals surface area contributed by atoms with Crippen LogP contribution >= 0.6 is 23.5 Å². The minimum Gasteiger partial charge on any atom is -0.377 e. The van der Waals surface area contributed by atoms with Crippen LogP contribution in [0.1, 0.15) is 10.9 Å². The molecule has 6 heteroatoms. The number of fused-ring (bicyclic) bond motifs is 1. The Bertz CT molecular complexity index is 483. The zero-order valence-electron chi connectivity index (χ0n) is 8.13. The standard InChI is InChI=1S/C10H8FN3S2/c11-7-3-1-6(2-4-7)9-14-8(5-15-9)16-10(12)13-14/h1-5,9H,(H2,12,13)/t9-/m1/s1. The zero-order chi connectivity index (χ0) is 11.1. The van der Waals surface area contributed by atoms with Crippen LogP contribution < -0.4 is 5.73 Å². The third-order valence-corrected chi connectivity index (χ3v) is 4.36. The second kappa shape index (κ2) is 3.71.